The Morgan fingerprint density at radius 1 is 1.16 bits per heavy atom. The molecule has 1 fully saturated rings. The maximum Gasteiger partial charge on any atom is 0.274 e. The number of nitrogens with zero attached hydrogens (tertiary/aromatic N) is 3. The van der Waals surface area contributed by atoms with Gasteiger partial charge >= 0.3 is 0 Å². The van der Waals surface area contributed by atoms with Crippen molar-refractivity contribution >= 4 is 23.8 Å². The number of amides is 1. The lowest BCUT2D eigenvalue weighted by atomic mass is 10.1. The van der Waals surface area contributed by atoms with Gasteiger partial charge in [-0.15, -0.1) is 0 Å². The Labute approximate surface area is 179 Å². The standard InChI is InChI=1S/C23H22N6O2/c24-15-29(14-23(31)7-8-23)21(25)17-3-1-5-19(11-17)28-22(30)20-12-16(6-10-27-20)18-4-2-9-26-13-18/h1-6,9-13,15,24-25,31H,7-8,14H2,(H,28,30). The normalized spacial score (nSPS) is 13.8. The van der Waals surface area contributed by atoms with Gasteiger partial charge in [0.2, 0.25) is 0 Å². The molecule has 1 amide bonds. The van der Waals surface area contributed by atoms with Gasteiger partial charge in [0, 0.05) is 35.4 Å². The third-order valence-corrected chi connectivity index (χ3v) is 5.12. The summed E-state index contributed by atoms with van der Waals surface area (Å²) in [5.41, 5.74) is 2.21. The fraction of sp³-hybridized carbons (Fsp3) is 0.174. The predicted octanol–water partition coefficient (Wildman–Crippen LogP) is 3.16. The van der Waals surface area contributed by atoms with E-state index >= 15 is 0 Å². The number of anilines is 1. The SMILES string of the molecule is N=CN(CC1(O)CC1)C(=N)c1cccc(NC(=O)c2cc(-c3cccnc3)ccn2)c1. The van der Waals surface area contributed by atoms with Crippen LogP contribution in [0.15, 0.2) is 67.1 Å². The van der Waals surface area contributed by atoms with Gasteiger partial charge in [-0.3, -0.25) is 25.6 Å². The summed E-state index contributed by atoms with van der Waals surface area (Å²) in [6, 6.07) is 14.1. The molecule has 156 valence electrons. The predicted molar refractivity (Wildman–Crippen MR) is 118 cm³/mol. The van der Waals surface area contributed by atoms with Crippen molar-refractivity contribution in [2.24, 2.45) is 0 Å². The van der Waals surface area contributed by atoms with Crippen molar-refractivity contribution < 1.29 is 9.90 Å². The van der Waals surface area contributed by atoms with Crippen molar-refractivity contribution in [2.75, 3.05) is 11.9 Å². The first-order valence-electron chi connectivity index (χ1n) is 9.84. The molecule has 1 saturated carbocycles. The molecule has 8 heteroatoms. The molecule has 0 bridgehead atoms. The second-order valence-corrected chi connectivity index (χ2v) is 7.54. The first kappa shape index (κ1) is 20.4. The number of hydrogen-bond acceptors (Lipinski definition) is 6. The van der Waals surface area contributed by atoms with E-state index in [1.54, 1.807) is 48.9 Å². The average molecular weight is 414 g/mol. The van der Waals surface area contributed by atoms with Gasteiger partial charge in [-0.05, 0) is 48.7 Å². The van der Waals surface area contributed by atoms with Gasteiger partial charge in [0.05, 0.1) is 18.5 Å². The van der Waals surface area contributed by atoms with Crippen molar-refractivity contribution in [1.29, 1.82) is 10.8 Å². The van der Waals surface area contributed by atoms with Gasteiger partial charge in [0.25, 0.3) is 5.91 Å². The number of carbonyl (C=O) groups is 1. The van der Waals surface area contributed by atoms with Gasteiger partial charge in [-0.25, -0.2) is 0 Å². The van der Waals surface area contributed by atoms with Crippen molar-refractivity contribution in [3.05, 3.63) is 78.4 Å². The number of amidine groups is 1. The molecular formula is C23H22N6O2. The number of pyridine rings is 2. The summed E-state index contributed by atoms with van der Waals surface area (Å²) < 4.78 is 0. The van der Waals surface area contributed by atoms with Gasteiger partial charge in [-0.2, -0.15) is 0 Å². The van der Waals surface area contributed by atoms with E-state index in [0.717, 1.165) is 17.5 Å². The molecule has 0 aliphatic heterocycles. The molecule has 1 aliphatic rings. The highest BCUT2D eigenvalue weighted by atomic mass is 16.3. The monoisotopic (exact) mass is 414 g/mol. The van der Waals surface area contributed by atoms with Crippen LogP contribution in [0.4, 0.5) is 5.69 Å². The summed E-state index contributed by atoms with van der Waals surface area (Å²) >= 11 is 0. The van der Waals surface area contributed by atoms with E-state index in [4.69, 9.17) is 10.8 Å². The molecule has 1 aliphatic carbocycles. The lowest BCUT2D eigenvalue weighted by Crippen LogP contribution is -2.37. The lowest BCUT2D eigenvalue weighted by molar-refractivity contribution is 0.102. The van der Waals surface area contributed by atoms with E-state index < -0.39 is 5.60 Å². The van der Waals surface area contributed by atoms with Crippen LogP contribution in [0.3, 0.4) is 0 Å². The molecule has 0 atom stereocenters. The number of nitrogens with one attached hydrogen (secondary N) is 3. The first-order chi connectivity index (χ1) is 15.0. The molecule has 2 heterocycles. The Bertz CT molecular complexity index is 1130. The van der Waals surface area contributed by atoms with Crippen LogP contribution in [-0.2, 0) is 0 Å². The van der Waals surface area contributed by atoms with E-state index in [2.05, 4.69) is 15.3 Å². The summed E-state index contributed by atoms with van der Waals surface area (Å²) in [7, 11) is 0. The van der Waals surface area contributed by atoms with Gasteiger partial charge < -0.3 is 15.3 Å². The smallest absolute Gasteiger partial charge is 0.274 e. The Kier molecular flexibility index (Phi) is 5.55. The minimum absolute atomic E-state index is 0.0862. The second kappa shape index (κ2) is 8.45. The molecule has 4 N–H and O–H groups in total. The van der Waals surface area contributed by atoms with Crippen LogP contribution in [0, 0.1) is 10.8 Å². The van der Waals surface area contributed by atoms with Crippen LogP contribution in [0.1, 0.15) is 28.9 Å². The summed E-state index contributed by atoms with van der Waals surface area (Å²) in [4.78, 5) is 22.4. The topological polar surface area (TPSA) is 126 Å². The van der Waals surface area contributed by atoms with Crippen LogP contribution in [0.5, 0.6) is 0 Å². The van der Waals surface area contributed by atoms with Crippen LogP contribution >= 0.6 is 0 Å². The Morgan fingerprint density at radius 2 is 2.00 bits per heavy atom. The zero-order valence-corrected chi connectivity index (χ0v) is 16.7. The molecule has 0 unspecified atom stereocenters. The summed E-state index contributed by atoms with van der Waals surface area (Å²) in [5, 5.41) is 28.9. The van der Waals surface area contributed by atoms with Crippen molar-refractivity contribution in [3.8, 4) is 11.1 Å². The van der Waals surface area contributed by atoms with Crippen molar-refractivity contribution in [2.45, 2.75) is 18.4 Å². The largest absolute Gasteiger partial charge is 0.388 e. The van der Waals surface area contributed by atoms with Gasteiger partial charge in [0.15, 0.2) is 0 Å². The van der Waals surface area contributed by atoms with Gasteiger partial charge in [-0.1, -0.05) is 18.2 Å². The summed E-state index contributed by atoms with van der Waals surface area (Å²) in [5.74, 6) is -0.284. The quantitative estimate of drug-likeness (QED) is 0.349. The summed E-state index contributed by atoms with van der Waals surface area (Å²) in [6.07, 6.45) is 7.37. The molecule has 2 aromatic heterocycles. The maximum absolute atomic E-state index is 12.7. The zero-order valence-electron chi connectivity index (χ0n) is 16.7. The molecule has 0 saturated heterocycles. The van der Waals surface area contributed by atoms with E-state index in [0.29, 0.717) is 24.1 Å². The Hall–Kier alpha value is -3.91. The molecule has 1 aromatic carbocycles. The molecule has 0 spiro atoms. The fourth-order valence-corrected chi connectivity index (χ4v) is 3.18. The van der Waals surface area contributed by atoms with Crippen LogP contribution in [-0.4, -0.2) is 50.2 Å². The number of rotatable bonds is 7. The van der Waals surface area contributed by atoms with Crippen LogP contribution < -0.4 is 5.32 Å². The number of aliphatic hydroxyl groups is 1. The highest BCUT2D eigenvalue weighted by Gasteiger charge is 2.42. The van der Waals surface area contributed by atoms with Crippen LogP contribution in [0.25, 0.3) is 11.1 Å². The highest BCUT2D eigenvalue weighted by molar-refractivity contribution is 6.06. The van der Waals surface area contributed by atoms with E-state index in [1.165, 1.54) is 4.90 Å². The molecule has 4 rings (SSSR count). The average Bonchev–Trinajstić information content (AvgIpc) is 3.54. The fourth-order valence-electron chi connectivity index (χ4n) is 3.18. The minimum atomic E-state index is -0.819. The number of carbonyl (C=O) groups excluding carboxylic acids is 1. The molecule has 0 radical (unpaired) electrons. The van der Waals surface area contributed by atoms with Gasteiger partial charge in [0.1, 0.15) is 11.5 Å². The Balaban J connectivity index is 1.49. The third kappa shape index (κ3) is 4.81. The van der Waals surface area contributed by atoms with Crippen molar-refractivity contribution in [3.63, 3.8) is 0 Å². The van der Waals surface area contributed by atoms with E-state index in [-0.39, 0.29) is 24.0 Å². The molecule has 3 aromatic rings. The molecular weight excluding hydrogens is 392 g/mol. The van der Waals surface area contributed by atoms with Crippen molar-refractivity contribution in [1.82, 2.24) is 14.9 Å². The lowest BCUT2D eigenvalue weighted by Gasteiger charge is -2.23. The van der Waals surface area contributed by atoms with E-state index in [1.807, 2.05) is 18.2 Å². The zero-order chi connectivity index (χ0) is 21.8. The third-order valence-electron chi connectivity index (χ3n) is 5.12. The summed E-state index contributed by atoms with van der Waals surface area (Å²) in [6.45, 7) is 0.205. The number of hydrogen-bond donors (Lipinski definition) is 4. The molecule has 31 heavy (non-hydrogen) atoms. The number of aromatic nitrogens is 2. The number of benzene rings is 1. The molecule has 8 nitrogen and oxygen atoms in total. The maximum atomic E-state index is 12.7. The second-order valence-electron chi connectivity index (χ2n) is 7.54. The highest BCUT2D eigenvalue weighted by Crippen LogP contribution is 2.35. The van der Waals surface area contributed by atoms with Crippen LogP contribution in [0.2, 0.25) is 0 Å². The minimum Gasteiger partial charge on any atom is -0.388 e. The first-order valence-corrected chi connectivity index (χ1v) is 9.84. The Morgan fingerprint density at radius 3 is 2.71 bits per heavy atom. The van der Waals surface area contributed by atoms with E-state index in [9.17, 15) is 9.90 Å².